The highest BCUT2D eigenvalue weighted by Crippen LogP contribution is 2.28. The smallest absolute Gasteiger partial charge is 0.132 e. The van der Waals surface area contributed by atoms with Crippen LogP contribution in [0.1, 0.15) is 24.6 Å². The summed E-state index contributed by atoms with van der Waals surface area (Å²) in [6.45, 7) is 2.22. The van der Waals surface area contributed by atoms with Gasteiger partial charge in [0, 0.05) is 11.6 Å². The Morgan fingerprint density at radius 3 is 2.52 bits per heavy atom. The molecule has 7 heteroatoms. The van der Waals surface area contributed by atoms with E-state index in [1.165, 1.54) is 0 Å². The lowest BCUT2D eigenvalue weighted by molar-refractivity contribution is 0.251. The summed E-state index contributed by atoms with van der Waals surface area (Å²) in [7, 11) is 2.16. The zero-order valence-corrected chi connectivity index (χ0v) is 14.9. The molecule has 4 rings (SSSR count). The van der Waals surface area contributed by atoms with Gasteiger partial charge in [-0.05, 0) is 68.9 Å². The Morgan fingerprint density at radius 1 is 1.16 bits per heavy atom. The molecule has 0 unspecified atom stereocenters. The number of hydrogen-bond acceptors (Lipinski definition) is 4. The van der Waals surface area contributed by atoms with Crippen LogP contribution < -0.4 is 0 Å². The van der Waals surface area contributed by atoms with Gasteiger partial charge in [0.05, 0.1) is 17.2 Å². The summed E-state index contributed by atoms with van der Waals surface area (Å²) in [5, 5.41) is 9.41. The van der Waals surface area contributed by atoms with E-state index in [9.17, 15) is 5.11 Å². The van der Waals surface area contributed by atoms with E-state index in [4.69, 9.17) is 4.98 Å². The maximum Gasteiger partial charge on any atom is 0.132 e. The third-order valence-corrected chi connectivity index (χ3v) is 4.65. The maximum atomic E-state index is 9.41. The van der Waals surface area contributed by atoms with Gasteiger partial charge < -0.3 is 20.5 Å². The molecular weight excluding hydrogens is 340 g/mol. The number of aromatic nitrogens is 3. The summed E-state index contributed by atoms with van der Waals surface area (Å²) in [5.74, 6) is 1.69. The number of H-pyrrole nitrogens is 1. The van der Waals surface area contributed by atoms with Crippen LogP contribution in [0.4, 0.5) is 0 Å². The number of fused-ring (bicyclic) bond motifs is 1. The van der Waals surface area contributed by atoms with Crippen LogP contribution in [0, 0.1) is 0 Å². The van der Waals surface area contributed by atoms with Gasteiger partial charge in [-0.1, -0.05) is 0 Å². The lowest BCUT2D eigenvalue weighted by atomic mass is 9.96. The van der Waals surface area contributed by atoms with Gasteiger partial charge in [0.1, 0.15) is 11.6 Å². The number of phenols is 1. The number of nitrogens with one attached hydrogen (secondary N) is 1. The van der Waals surface area contributed by atoms with Gasteiger partial charge in [0.25, 0.3) is 0 Å². The van der Waals surface area contributed by atoms with Crippen molar-refractivity contribution in [2.24, 2.45) is 0 Å². The first kappa shape index (κ1) is 19.2. The largest absolute Gasteiger partial charge is 0.508 e. The minimum atomic E-state index is 0. The second kappa shape index (κ2) is 7.82. The molecule has 1 aliphatic heterocycles. The molecule has 2 aromatic heterocycles. The lowest BCUT2D eigenvalue weighted by Gasteiger charge is -2.27. The topological polar surface area (TPSA) is 96.5 Å². The molecule has 4 N–H and O–H groups in total. The number of rotatable bonds is 2. The summed E-state index contributed by atoms with van der Waals surface area (Å²) in [5.41, 5.74) is 3.93. The van der Waals surface area contributed by atoms with Gasteiger partial charge in [-0.3, -0.25) is 0 Å². The fourth-order valence-corrected chi connectivity index (χ4v) is 3.19. The quantitative estimate of drug-likeness (QED) is 0.732. The number of aromatic hydroxyl groups is 1. The van der Waals surface area contributed by atoms with Crippen molar-refractivity contribution in [2.45, 2.75) is 18.8 Å². The number of hydrogen-bond donors (Lipinski definition) is 2. The molecule has 1 aliphatic rings. The second-order valence-electron chi connectivity index (χ2n) is 6.33. The van der Waals surface area contributed by atoms with Gasteiger partial charge in [-0.2, -0.15) is 0 Å². The molecule has 25 heavy (non-hydrogen) atoms. The summed E-state index contributed by atoms with van der Waals surface area (Å²) in [6.07, 6.45) is 4.13. The number of nitrogens with zero attached hydrogens (tertiary/aromatic N) is 3. The van der Waals surface area contributed by atoms with E-state index >= 15 is 0 Å². The SMILES string of the molecule is CN1CCC(c2ncc3[nH]c(-c4ccc(O)cc4)cc3n2)CC1.Cl.O. The molecule has 0 spiro atoms. The molecule has 1 aromatic carbocycles. The average Bonchev–Trinajstić information content (AvgIpc) is 2.99. The lowest BCUT2D eigenvalue weighted by Crippen LogP contribution is -2.29. The highest BCUT2D eigenvalue weighted by atomic mass is 35.5. The van der Waals surface area contributed by atoms with E-state index in [1.54, 1.807) is 12.1 Å². The Labute approximate surface area is 152 Å². The maximum absolute atomic E-state index is 9.41. The van der Waals surface area contributed by atoms with Gasteiger partial charge in [-0.25, -0.2) is 9.97 Å². The number of likely N-dealkylation sites (tertiary alicyclic amines) is 1. The van der Waals surface area contributed by atoms with Crippen molar-refractivity contribution in [1.29, 1.82) is 0 Å². The molecule has 3 heterocycles. The molecule has 0 aliphatic carbocycles. The summed E-state index contributed by atoms with van der Waals surface area (Å²) < 4.78 is 0. The standard InChI is InChI=1S/C18H20N4O.ClH.H2O/c1-22-8-6-13(7-9-22)18-19-11-17-16(21-18)10-15(20-17)12-2-4-14(23)5-3-12;;/h2-5,10-11,13,20,23H,6-9H2,1H3;1H;1H2. The fourth-order valence-electron chi connectivity index (χ4n) is 3.19. The Balaban J connectivity index is 0.00000113. The third kappa shape index (κ3) is 3.92. The molecule has 0 radical (unpaired) electrons. The average molecular weight is 363 g/mol. The van der Waals surface area contributed by atoms with E-state index in [1.807, 2.05) is 18.3 Å². The minimum absolute atomic E-state index is 0. The molecule has 0 atom stereocenters. The molecule has 134 valence electrons. The molecule has 3 aromatic rings. The fraction of sp³-hybridized carbons (Fsp3) is 0.333. The molecule has 0 bridgehead atoms. The van der Waals surface area contributed by atoms with Crippen molar-refractivity contribution in [2.75, 3.05) is 20.1 Å². The van der Waals surface area contributed by atoms with Crippen LogP contribution in [0.15, 0.2) is 36.5 Å². The van der Waals surface area contributed by atoms with Gasteiger partial charge in [0.15, 0.2) is 0 Å². The Bertz CT molecular complexity index is 827. The normalized spacial score (nSPS) is 15.6. The van der Waals surface area contributed by atoms with Gasteiger partial charge >= 0.3 is 0 Å². The van der Waals surface area contributed by atoms with Crippen LogP contribution >= 0.6 is 12.4 Å². The highest BCUT2D eigenvalue weighted by Gasteiger charge is 2.21. The van der Waals surface area contributed by atoms with Crippen molar-refractivity contribution in [3.05, 3.63) is 42.4 Å². The van der Waals surface area contributed by atoms with E-state index in [0.29, 0.717) is 5.92 Å². The molecule has 1 saturated heterocycles. The van der Waals surface area contributed by atoms with Crippen LogP contribution in [0.3, 0.4) is 0 Å². The number of halogens is 1. The Morgan fingerprint density at radius 2 is 1.84 bits per heavy atom. The molecule has 6 nitrogen and oxygen atoms in total. The van der Waals surface area contributed by atoms with Crippen molar-refractivity contribution in [3.8, 4) is 17.0 Å². The van der Waals surface area contributed by atoms with Crippen molar-refractivity contribution in [3.63, 3.8) is 0 Å². The zero-order valence-electron chi connectivity index (χ0n) is 14.1. The molecular formula is C18H23ClN4O2. The summed E-state index contributed by atoms with van der Waals surface area (Å²) in [6, 6.07) is 9.23. The second-order valence-corrected chi connectivity index (χ2v) is 6.33. The van der Waals surface area contributed by atoms with Crippen molar-refractivity contribution >= 4 is 23.4 Å². The predicted molar refractivity (Wildman–Crippen MR) is 101 cm³/mol. The Kier molecular flexibility index (Phi) is 6.00. The number of benzene rings is 1. The van der Waals surface area contributed by atoms with Crippen LogP contribution in [0.5, 0.6) is 5.75 Å². The molecule has 0 saturated carbocycles. The number of phenolic OH excluding ortho intramolecular Hbond substituents is 1. The molecule has 1 fully saturated rings. The first-order valence-corrected chi connectivity index (χ1v) is 8.02. The minimum Gasteiger partial charge on any atom is -0.508 e. The van der Waals surface area contributed by atoms with E-state index < -0.39 is 0 Å². The first-order valence-electron chi connectivity index (χ1n) is 8.02. The summed E-state index contributed by atoms with van der Waals surface area (Å²) >= 11 is 0. The van der Waals surface area contributed by atoms with Crippen molar-refractivity contribution < 1.29 is 10.6 Å². The highest BCUT2D eigenvalue weighted by molar-refractivity contribution is 5.85. The van der Waals surface area contributed by atoms with Crippen LogP contribution in [0.25, 0.3) is 22.3 Å². The first-order chi connectivity index (χ1) is 11.2. The zero-order chi connectivity index (χ0) is 15.8. The third-order valence-electron chi connectivity index (χ3n) is 4.65. The number of aromatic amines is 1. The monoisotopic (exact) mass is 362 g/mol. The summed E-state index contributed by atoms with van der Waals surface area (Å²) in [4.78, 5) is 15.1. The van der Waals surface area contributed by atoms with E-state index in [2.05, 4.69) is 28.0 Å². The van der Waals surface area contributed by atoms with Crippen molar-refractivity contribution in [1.82, 2.24) is 19.9 Å². The molecule has 0 amide bonds. The predicted octanol–water partition coefficient (Wildman–Crippen LogP) is 2.74. The van der Waals surface area contributed by atoms with Gasteiger partial charge in [-0.15, -0.1) is 12.4 Å². The van der Waals surface area contributed by atoms with E-state index in [-0.39, 0.29) is 23.6 Å². The van der Waals surface area contributed by atoms with Gasteiger partial charge in [0.2, 0.25) is 0 Å². The van der Waals surface area contributed by atoms with Crippen LogP contribution in [-0.4, -0.2) is 50.6 Å². The van der Waals surface area contributed by atoms with Crippen LogP contribution in [-0.2, 0) is 0 Å². The Hall–Kier alpha value is -2.15. The number of piperidine rings is 1. The van der Waals surface area contributed by atoms with Crippen LogP contribution in [0.2, 0.25) is 0 Å². The van der Waals surface area contributed by atoms with E-state index in [0.717, 1.165) is 54.0 Å².